The van der Waals surface area contributed by atoms with Crippen molar-refractivity contribution in [1.29, 1.82) is 0 Å². The van der Waals surface area contributed by atoms with Crippen molar-refractivity contribution in [3.63, 3.8) is 0 Å². The SMILES string of the molecule is [2H]c1c([2H])c([2H])c(-c2c([2H])c(-c3c4ccccc4c(-c4ccc5ccccc5c4)c4ccccc34)c([2H])c3oc4c([2H])c([2H])c([2H])c([2H])c4c23)c([2H])c1[2H]. The van der Waals surface area contributed by atoms with Crippen molar-refractivity contribution in [3.8, 4) is 33.4 Å². The molecule has 1 heterocycles. The molecule has 200 valence electrons. The summed E-state index contributed by atoms with van der Waals surface area (Å²) in [7, 11) is 0. The lowest BCUT2D eigenvalue weighted by atomic mass is 9.84. The fourth-order valence-electron chi connectivity index (χ4n) is 6.22. The molecule has 0 atom stereocenters. The summed E-state index contributed by atoms with van der Waals surface area (Å²) in [6, 6.07) is 23.8. The molecule has 0 fully saturated rings. The Morgan fingerprint density at radius 3 is 1.77 bits per heavy atom. The lowest BCUT2D eigenvalue weighted by Crippen LogP contribution is -1.91. The zero-order valence-corrected chi connectivity index (χ0v) is 22.6. The van der Waals surface area contributed by atoms with E-state index in [2.05, 4.69) is 24.3 Å². The molecule has 0 aliphatic heterocycles. The number of benzene rings is 8. The van der Waals surface area contributed by atoms with Crippen LogP contribution >= 0.6 is 0 Å². The molecule has 1 aromatic heterocycles. The van der Waals surface area contributed by atoms with Gasteiger partial charge in [0, 0.05) is 10.8 Å². The Morgan fingerprint density at radius 1 is 0.442 bits per heavy atom. The first-order valence-electron chi connectivity index (χ1n) is 19.4. The first-order chi connectivity index (χ1) is 25.9. The number of hydrogen-bond donors (Lipinski definition) is 0. The van der Waals surface area contributed by atoms with Gasteiger partial charge in [0.2, 0.25) is 0 Å². The summed E-state index contributed by atoms with van der Waals surface area (Å²) in [5.74, 6) is 0. The molecule has 9 aromatic rings. The van der Waals surface area contributed by atoms with Gasteiger partial charge in [-0.05, 0) is 89.9 Å². The van der Waals surface area contributed by atoms with E-state index in [4.69, 9.17) is 16.8 Å². The summed E-state index contributed by atoms with van der Waals surface area (Å²) in [6.45, 7) is 0. The molecule has 9 rings (SSSR count). The second-order valence-corrected chi connectivity index (χ2v) is 10.4. The van der Waals surface area contributed by atoms with Gasteiger partial charge in [-0.3, -0.25) is 0 Å². The molecule has 1 nitrogen and oxygen atoms in total. The Balaban J connectivity index is 1.52. The van der Waals surface area contributed by atoms with Crippen molar-refractivity contribution in [2.24, 2.45) is 0 Å². The minimum atomic E-state index is -0.639. The second-order valence-electron chi connectivity index (χ2n) is 10.4. The van der Waals surface area contributed by atoms with E-state index in [1.807, 2.05) is 66.7 Å². The van der Waals surface area contributed by atoms with Gasteiger partial charge in [-0.2, -0.15) is 0 Å². The monoisotopic (exact) mass is 557 g/mol. The van der Waals surface area contributed by atoms with Crippen LogP contribution in [0.25, 0.3) is 87.6 Å². The number of hydrogen-bond acceptors (Lipinski definition) is 1. The van der Waals surface area contributed by atoms with Gasteiger partial charge >= 0.3 is 0 Å². The van der Waals surface area contributed by atoms with Gasteiger partial charge in [0.1, 0.15) is 11.2 Å². The summed E-state index contributed by atoms with van der Waals surface area (Å²) in [4.78, 5) is 0. The molecule has 0 aliphatic carbocycles. The maximum atomic E-state index is 9.94. The largest absolute Gasteiger partial charge is 0.456 e. The topological polar surface area (TPSA) is 13.1 Å². The van der Waals surface area contributed by atoms with Gasteiger partial charge in [0.25, 0.3) is 0 Å². The smallest absolute Gasteiger partial charge is 0.136 e. The van der Waals surface area contributed by atoms with Gasteiger partial charge in [0.05, 0.1) is 15.1 Å². The minimum Gasteiger partial charge on any atom is -0.456 e. The van der Waals surface area contributed by atoms with Crippen LogP contribution in [-0.2, 0) is 0 Å². The van der Waals surface area contributed by atoms with Crippen molar-refractivity contribution in [3.05, 3.63) is 157 Å². The van der Waals surface area contributed by atoms with Crippen molar-refractivity contribution in [2.75, 3.05) is 0 Å². The number of furan rings is 1. The summed E-state index contributed by atoms with van der Waals surface area (Å²) < 4.78 is 103. The Bertz CT molecular complexity index is 3040. The van der Waals surface area contributed by atoms with Gasteiger partial charge in [0.15, 0.2) is 0 Å². The highest BCUT2D eigenvalue weighted by molar-refractivity contribution is 6.23. The Labute approximate surface area is 264 Å². The Morgan fingerprint density at radius 2 is 1.05 bits per heavy atom. The Hall–Kier alpha value is -5.66. The molecule has 0 N–H and O–H groups in total. The molecule has 0 spiro atoms. The standard InChI is InChI=1S/C42H26O/c1-2-13-28(14-3-1)37-25-31(26-39-42(37)36-20-10-11-21-38(36)43-39)41-34-18-8-6-16-32(34)40(33-17-7-9-19-35(33)41)30-23-22-27-12-4-5-15-29(27)24-30/h1-26H/i1D,2D,3D,10D,11D,13D,14D,20D,21D,25D,26D. The van der Waals surface area contributed by atoms with Crippen molar-refractivity contribution >= 4 is 54.3 Å². The van der Waals surface area contributed by atoms with Crippen LogP contribution in [0.1, 0.15) is 15.1 Å². The summed E-state index contributed by atoms with van der Waals surface area (Å²) >= 11 is 0. The van der Waals surface area contributed by atoms with Crippen molar-refractivity contribution in [1.82, 2.24) is 0 Å². The molecule has 0 unspecified atom stereocenters. The van der Waals surface area contributed by atoms with Crippen LogP contribution in [0.3, 0.4) is 0 Å². The maximum absolute atomic E-state index is 9.94. The van der Waals surface area contributed by atoms with Crippen LogP contribution in [0.15, 0.2) is 162 Å². The van der Waals surface area contributed by atoms with Crippen LogP contribution in [0.2, 0.25) is 0 Å². The van der Waals surface area contributed by atoms with E-state index in [1.54, 1.807) is 0 Å². The van der Waals surface area contributed by atoms with Crippen LogP contribution in [0, 0.1) is 0 Å². The first kappa shape index (κ1) is 15.5. The summed E-state index contributed by atoms with van der Waals surface area (Å²) in [6.07, 6.45) is 0. The second kappa shape index (κ2) is 9.44. The number of fused-ring (bicyclic) bond motifs is 6. The van der Waals surface area contributed by atoms with Crippen molar-refractivity contribution < 1.29 is 19.5 Å². The fraction of sp³-hybridized carbons (Fsp3) is 0. The van der Waals surface area contributed by atoms with E-state index in [9.17, 15) is 2.74 Å². The predicted octanol–water partition coefficient (Wildman–Crippen LogP) is 12.0. The molecule has 0 bridgehead atoms. The Kier molecular flexibility index (Phi) is 3.41. The van der Waals surface area contributed by atoms with E-state index < -0.39 is 54.4 Å². The molecule has 1 heteroatoms. The third kappa shape index (κ3) is 3.72. The lowest BCUT2D eigenvalue weighted by Gasteiger charge is -2.18. The third-order valence-electron chi connectivity index (χ3n) is 8.04. The normalized spacial score (nSPS) is 15.3. The molecular formula is C42H26O. The first-order valence-corrected chi connectivity index (χ1v) is 13.9. The molecule has 0 aliphatic rings. The van der Waals surface area contributed by atoms with E-state index in [0.717, 1.165) is 32.7 Å². The number of para-hydroxylation sites is 1. The molecule has 8 aromatic carbocycles. The van der Waals surface area contributed by atoms with Crippen LogP contribution in [0.5, 0.6) is 0 Å². The van der Waals surface area contributed by atoms with Gasteiger partial charge in [-0.1, -0.05) is 133 Å². The van der Waals surface area contributed by atoms with E-state index in [0.29, 0.717) is 16.3 Å². The molecule has 0 saturated carbocycles. The van der Waals surface area contributed by atoms with Crippen molar-refractivity contribution in [2.45, 2.75) is 0 Å². The van der Waals surface area contributed by atoms with Crippen LogP contribution < -0.4 is 0 Å². The van der Waals surface area contributed by atoms with Crippen LogP contribution in [0.4, 0.5) is 0 Å². The maximum Gasteiger partial charge on any atom is 0.136 e. The average Bonchev–Trinajstić information content (AvgIpc) is 3.59. The van der Waals surface area contributed by atoms with Gasteiger partial charge < -0.3 is 4.42 Å². The van der Waals surface area contributed by atoms with E-state index >= 15 is 0 Å². The number of rotatable bonds is 3. The molecular weight excluding hydrogens is 520 g/mol. The molecule has 0 saturated heterocycles. The van der Waals surface area contributed by atoms with Crippen LogP contribution in [-0.4, -0.2) is 0 Å². The minimum absolute atomic E-state index is 0.0519. The summed E-state index contributed by atoms with van der Waals surface area (Å²) in [5.41, 5.74) is 1.44. The van der Waals surface area contributed by atoms with E-state index in [1.165, 1.54) is 0 Å². The van der Waals surface area contributed by atoms with E-state index in [-0.39, 0.29) is 50.7 Å². The molecule has 0 radical (unpaired) electrons. The highest BCUT2D eigenvalue weighted by Gasteiger charge is 2.20. The fourth-order valence-corrected chi connectivity index (χ4v) is 6.22. The van der Waals surface area contributed by atoms with Gasteiger partial charge in [-0.25, -0.2) is 0 Å². The van der Waals surface area contributed by atoms with Gasteiger partial charge in [-0.15, -0.1) is 0 Å². The average molecular weight is 558 g/mol. The predicted molar refractivity (Wildman–Crippen MR) is 183 cm³/mol. The quantitative estimate of drug-likeness (QED) is 0.197. The molecule has 43 heavy (non-hydrogen) atoms. The lowest BCUT2D eigenvalue weighted by molar-refractivity contribution is 0.669. The zero-order valence-electron chi connectivity index (χ0n) is 33.6. The molecule has 0 amide bonds. The third-order valence-corrected chi connectivity index (χ3v) is 8.04. The summed E-state index contributed by atoms with van der Waals surface area (Å²) in [5, 5.41) is 4.93. The highest BCUT2D eigenvalue weighted by atomic mass is 16.3. The highest BCUT2D eigenvalue weighted by Crippen LogP contribution is 2.47. The zero-order chi connectivity index (χ0) is 37.9.